The van der Waals surface area contributed by atoms with E-state index >= 15 is 0 Å². The molecule has 0 aliphatic carbocycles. The fourth-order valence-corrected chi connectivity index (χ4v) is 0. The van der Waals surface area contributed by atoms with Crippen LogP contribution in [0.3, 0.4) is 0 Å². The van der Waals surface area contributed by atoms with Crippen LogP contribution in [0.15, 0.2) is 0 Å². The van der Waals surface area contributed by atoms with Gasteiger partial charge in [-0.2, -0.15) is 0 Å². The Kier molecular flexibility index (Phi) is 222. The van der Waals surface area contributed by atoms with E-state index in [4.69, 9.17) is 0 Å². The second kappa shape index (κ2) is 31.5. The average molecular weight is 500 g/mol. The number of rotatable bonds is 0. The van der Waals surface area contributed by atoms with E-state index in [0.29, 0.717) is 0 Å². The topological polar surface area (TPSA) is 28.5 Å². The van der Waals surface area contributed by atoms with Gasteiger partial charge < -0.3 is 5.48 Å². The maximum Gasteiger partial charge on any atom is 3.00 e. The molecule has 0 aromatic carbocycles. The fraction of sp³-hybridized carbons (Fsp3) is 0. The van der Waals surface area contributed by atoms with Crippen LogP contribution in [0, 0.1) is 40.8 Å². The van der Waals surface area contributed by atoms with Crippen molar-refractivity contribution in [3.05, 3.63) is 0 Å². The molecule has 0 aromatic heterocycles. The molecule has 0 fully saturated rings. The van der Waals surface area contributed by atoms with Gasteiger partial charge in [-0.05, 0) is 0 Å². The van der Waals surface area contributed by atoms with E-state index in [9.17, 15) is 0 Å². The van der Waals surface area contributed by atoms with Crippen LogP contribution in [0.1, 0.15) is 0 Å². The molecule has 1 nitrogen and oxygen atoms in total. The predicted molar refractivity (Wildman–Crippen MR) is 12.2 cm³/mol. The minimum absolute atomic E-state index is 0. The largest absolute Gasteiger partial charge is 3.00 e. The molecule has 0 rings (SSSR count). The molecule has 0 saturated carbocycles. The predicted octanol–water partition coefficient (Wildman–Crippen LogP) is -0.885. The van der Waals surface area contributed by atoms with Gasteiger partial charge in [-0.1, -0.05) is 0 Å². The van der Waals surface area contributed by atoms with E-state index in [1.807, 2.05) is 0 Å². The molecule has 0 saturated heterocycles. The molecular weight excluding hydrogens is 500 g/mol. The second-order valence-electron chi connectivity index (χ2n) is 0. The van der Waals surface area contributed by atoms with Crippen molar-refractivity contribution in [2.45, 2.75) is 0 Å². The van der Waals surface area contributed by atoms with Crippen LogP contribution in [0.5, 0.6) is 0 Å². The van der Waals surface area contributed by atoms with Gasteiger partial charge in [0, 0.05) is 0 Å². The van der Waals surface area contributed by atoms with Crippen LogP contribution in [0.4, 0.5) is 0 Å². The molecule has 6 heavy (non-hydrogen) atoms. The van der Waals surface area contributed by atoms with E-state index in [1.54, 1.807) is 0 Å². The molecule has 0 unspecified atom stereocenters. The summed E-state index contributed by atoms with van der Waals surface area (Å²) in [5.41, 5.74) is 0. The first-order valence-corrected chi connectivity index (χ1v) is 0. The van der Waals surface area contributed by atoms with Crippen molar-refractivity contribution in [3.63, 3.8) is 0 Å². The molecule has 0 aromatic rings. The fourth-order valence-electron chi connectivity index (χ4n) is 0. The first-order valence-electron chi connectivity index (χ1n) is 0. The summed E-state index contributed by atoms with van der Waals surface area (Å²) >= 11 is 0. The van der Waals surface area contributed by atoms with Gasteiger partial charge in [-0.25, -0.2) is 0 Å². The van der Waals surface area contributed by atoms with E-state index in [2.05, 4.69) is 0 Å². The number of hydrogen-bond acceptors (Lipinski definition) is 0. The molecular formula is BaCoFeNdOSr+9. The molecule has 0 aliphatic rings. The normalized spacial score (nSPS) is 0. The van der Waals surface area contributed by atoms with Gasteiger partial charge >= 0.3 is 169 Å². The molecule has 0 amide bonds. The standard InChI is InChI=1S/Ba.Co.Fe.Nd.O.Sr/q3*+2;+3;-2;+2. The molecule has 6 heteroatoms. The van der Waals surface area contributed by atoms with Crippen molar-refractivity contribution < 1.29 is 80.2 Å². The molecule has 0 aliphatic heterocycles. The van der Waals surface area contributed by atoms with Gasteiger partial charge in [0.05, 0.1) is 0 Å². The molecule has 0 heterocycles. The van der Waals surface area contributed by atoms with Gasteiger partial charge in [0.25, 0.3) is 0 Å². The van der Waals surface area contributed by atoms with Gasteiger partial charge in [-0.15, -0.1) is 0 Å². The van der Waals surface area contributed by atoms with Gasteiger partial charge in [0.15, 0.2) is 0 Å². The van der Waals surface area contributed by atoms with Crippen molar-refractivity contribution in [1.82, 2.24) is 0 Å². The maximum absolute atomic E-state index is 0. The molecule has 2 radical (unpaired) electrons. The minimum Gasteiger partial charge on any atom is -2.00 e. The average Bonchev–Trinajstić information content (AvgIpc) is 0. The zero-order valence-corrected chi connectivity index (χ0v) is 16.3. The molecule has 22 valence electrons. The molecule has 0 spiro atoms. The summed E-state index contributed by atoms with van der Waals surface area (Å²) in [6.07, 6.45) is 0. The van der Waals surface area contributed by atoms with Crippen LogP contribution in [-0.4, -0.2) is 94.4 Å². The maximum atomic E-state index is 0. The molecule has 0 N–H and O–H groups in total. The van der Waals surface area contributed by atoms with Crippen LogP contribution in [-0.2, 0) is 39.3 Å². The summed E-state index contributed by atoms with van der Waals surface area (Å²) in [5, 5.41) is 0. The van der Waals surface area contributed by atoms with Crippen molar-refractivity contribution >= 4 is 94.4 Å². The zero-order chi connectivity index (χ0) is 0. The van der Waals surface area contributed by atoms with Gasteiger partial charge in [0.2, 0.25) is 0 Å². The molecule has 0 bridgehead atoms. The summed E-state index contributed by atoms with van der Waals surface area (Å²) in [6, 6.07) is 0. The Balaban J connectivity index is 0. The van der Waals surface area contributed by atoms with E-state index < -0.39 is 0 Å². The third kappa shape index (κ3) is 22.8. The Labute approximate surface area is 169 Å². The Bertz CT molecular complexity index is 15.5. The Hall–Kier alpha value is 5.39. The molecule has 0 atom stereocenters. The summed E-state index contributed by atoms with van der Waals surface area (Å²) < 4.78 is 0. The monoisotopic (exact) mass is 499 g/mol. The zero-order valence-electron chi connectivity index (χ0n) is 3.01. The first-order chi connectivity index (χ1) is 0. The summed E-state index contributed by atoms with van der Waals surface area (Å²) in [6.45, 7) is 0. The second-order valence-corrected chi connectivity index (χ2v) is 0. The van der Waals surface area contributed by atoms with Crippen molar-refractivity contribution in [2.24, 2.45) is 0 Å². The minimum atomic E-state index is 0. The number of hydrogen-bond donors (Lipinski definition) is 0. The van der Waals surface area contributed by atoms with E-state index in [1.165, 1.54) is 0 Å². The van der Waals surface area contributed by atoms with Crippen LogP contribution in [0.2, 0.25) is 0 Å². The summed E-state index contributed by atoms with van der Waals surface area (Å²) in [5.74, 6) is 0. The van der Waals surface area contributed by atoms with Crippen molar-refractivity contribution in [3.8, 4) is 0 Å². The Morgan fingerprint density at radius 1 is 1.00 bits per heavy atom. The quantitative estimate of drug-likeness (QED) is 0.387. The third-order valence-electron chi connectivity index (χ3n) is 0. The van der Waals surface area contributed by atoms with Crippen LogP contribution in [0.25, 0.3) is 0 Å². The summed E-state index contributed by atoms with van der Waals surface area (Å²) in [7, 11) is 0. The first kappa shape index (κ1) is 42.3. The van der Waals surface area contributed by atoms with Crippen LogP contribution < -0.4 is 0 Å². The van der Waals surface area contributed by atoms with Gasteiger partial charge in [-0.3, -0.25) is 0 Å². The summed E-state index contributed by atoms with van der Waals surface area (Å²) in [4.78, 5) is 0. The van der Waals surface area contributed by atoms with Gasteiger partial charge in [0.1, 0.15) is 0 Å². The Morgan fingerprint density at radius 3 is 1.00 bits per heavy atom. The smallest absolute Gasteiger partial charge is 2.00 e. The third-order valence-corrected chi connectivity index (χ3v) is 0. The SMILES string of the molecule is [Ba+2].[Co+2].[Fe+2].[Nd+3].[O-2].[Sr+2]. The van der Waals surface area contributed by atoms with E-state index in [0.717, 1.165) is 0 Å². The van der Waals surface area contributed by atoms with Crippen molar-refractivity contribution in [1.29, 1.82) is 0 Å². The van der Waals surface area contributed by atoms with Crippen LogP contribution >= 0.6 is 0 Å². The Morgan fingerprint density at radius 2 is 1.00 bits per heavy atom. The van der Waals surface area contributed by atoms with E-state index in [-0.39, 0.29) is 175 Å². The van der Waals surface area contributed by atoms with Crippen molar-refractivity contribution in [2.75, 3.05) is 0 Å².